The number of hydrogen-bond acceptors (Lipinski definition) is 7. The smallest absolute Gasteiger partial charge is 0.304 e. The predicted molar refractivity (Wildman–Crippen MR) is 148 cm³/mol. The van der Waals surface area contributed by atoms with Crippen LogP contribution in [0.1, 0.15) is 68.7 Å². The van der Waals surface area contributed by atoms with E-state index in [0.29, 0.717) is 13.0 Å². The summed E-state index contributed by atoms with van der Waals surface area (Å²) >= 11 is 0. The molecule has 36 heavy (non-hydrogen) atoms. The van der Waals surface area contributed by atoms with E-state index in [1.807, 2.05) is 20.8 Å². The van der Waals surface area contributed by atoms with Crippen LogP contribution in [0.25, 0.3) is 0 Å². The van der Waals surface area contributed by atoms with Gasteiger partial charge in [0.15, 0.2) is 16.6 Å². The fourth-order valence-corrected chi connectivity index (χ4v) is 6.73. The minimum absolute atomic E-state index is 0.0215. The van der Waals surface area contributed by atoms with Gasteiger partial charge in [-0.2, -0.15) is 4.98 Å². The van der Waals surface area contributed by atoms with Gasteiger partial charge in [-0.05, 0) is 36.3 Å². The molecule has 3 rings (SSSR count). The van der Waals surface area contributed by atoms with Crippen molar-refractivity contribution in [1.82, 2.24) is 9.55 Å². The van der Waals surface area contributed by atoms with E-state index in [-0.39, 0.29) is 33.9 Å². The van der Waals surface area contributed by atoms with E-state index in [2.05, 4.69) is 72.7 Å². The van der Waals surface area contributed by atoms with Crippen LogP contribution in [0.2, 0.25) is 36.3 Å². The summed E-state index contributed by atoms with van der Waals surface area (Å²) in [5.74, 6) is 0. The largest absolute Gasteiger partial charge is 0.437 e. The van der Waals surface area contributed by atoms with Crippen LogP contribution in [0, 0.1) is 5.41 Å². The van der Waals surface area contributed by atoms with E-state index in [9.17, 15) is 4.79 Å². The van der Waals surface area contributed by atoms with Gasteiger partial charge in [0.25, 0.3) is 5.56 Å². The minimum atomic E-state index is -2.16. The molecule has 0 saturated carbocycles. The maximum absolute atomic E-state index is 12.1. The van der Waals surface area contributed by atoms with Crippen molar-refractivity contribution in [2.45, 2.75) is 129 Å². The van der Waals surface area contributed by atoms with E-state index in [1.54, 1.807) is 10.8 Å². The Hall–Kier alpha value is -1.05. The van der Waals surface area contributed by atoms with Gasteiger partial charge in [-0.1, -0.05) is 62.3 Å². The van der Waals surface area contributed by atoms with E-state index >= 15 is 0 Å². The Bertz CT molecular complexity index is 1040. The molecule has 0 radical (unpaired) electrons. The molecular weight excluding hydrogens is 490 g/mol. The predicted octanol–water partition coefficient (Wildman–Crippen LogP) is 5.19. The molecule has 2 N–H and O–H groups in total. The van der Waals surface area contributed by atoms with Crippen molar-refractivity contribution in [1.29, 1.82) is 0 Å². The molecule has 1 unspecified atom stereocenters. The summed E-state index contributed by atoms with van der Waals surface area (Å²) in [6.07, 6.45) is 1.55. The van der Waals surface area contributed by atoms with Gasteiger partial charge in [0.05, 0.1) is 12.7 Å². The molecule has 0 bridgehead atoms. The molecule has 1 saturated heterocycles. The van der Waals surface area contributed by atoms with Crippen LogP contribution in [0.3, 0.4) is 0 Å². The van der Waals surface area contributed by atoms with Crippen molar-refractivity contribution in [2.24, 2.45) is 11.1 Å². The first-order valence-corrected chi connectivity index (χ1v) is 18.9. The lowest BCUT2D eigenvalue weighted by atomic mass is 9.75. The average molecular weight is 540 g/mol. The molecule has 1 aromatic rings. The molecule has 206 valence electrons. The van der Waals surface area contributed by atoms with Crippen LogP contribution in [-0.4, -0.2) is 50.7 Å². The highest BCUT2D eigenvalue weighted by Gasteiger charge is 2.70. The lowest BCUT2D eigenvalue weighted by molar-refractivity contribution is -0.219. The van der Waals surface area contributed by atoms with Crippen LogP contribution in [0.5, 0.6) is 6.01 Å². The molecule has 1 aromatic heterocycles. The minimum Gasteiger partial charge on any atom is -0.437 e. The third-order valence-corrected chi connectivity index (χ3v) is 18.0. The maximum Gasteiger partial charge on any atom is 0.304 e. The van der Waals surface area contributed by atoms with Gasteiger partial charge in [0, 0.05) is 24.1 Å². The molecule has 0 amide bonds. The van der Waals surface area contributed by atoms with Crippen molar-refractivity contribution in [2.75, 3.05) is 6.61 Å². The van der Waals surface area contributed by atoms with E-state index in [0.717, 1.165) is 0 Å². The number of rotatable bonds is 5. The first-order valence-electron chi connectivity index (χ1n) is 13.1. The monoisotopic (exact) mass is 539 g/mol. The fourth-order valence-electron chi connectivity index (χ4n) is 4.37. The quantitative estimate of drug-likeness (QED) is 0.514. The third-order valence-electron chi connectivity index (χ3n) is 9.02. The first kappa shape index (κ1) is 29.5. The van der Waals surface area contributed by atoms with Crippen LogP contribution in [-0.2, 0) is 19.3 Å². The molecule has 2 aliphatic rings. The van der Waals surface area contributed by atoms with Crippen molar-refractivity contribution in [3.05, 3.63) is 22.6 Å². The number of nitrogens with zero attached hydrogens (tertiary/aromatic N) is 2. The standard InChI is InChI=1S/C26H49N3O5Si2/c1-22(2,3)26(27)25(29-15-14-20(30)28-21(29)33-26)16-18(34-36(12,13)24(7,8)9)19(32-25)17-31-35(10,11)23(4,5)6/h14-15,18-19H,16-17,27H2,1-13H3/t18-,19+,25-,26?/m0/s1. The number of nitrogens with two attached hydrogens (primary N) is 1. The Kier molecular flexibility index (Phi) is 7.16. The summed E-state index contributed by atoms with van der Waals surface area (Å²) in [5.41, 5.74) is 3.81. The van der Waals surface area contributed by atoms with Gasteiger partial charge >= 0.3 is 6.01 Å². The van der Waals surface area contributed by atoms with Crippen LogP contribution < -0.4 is 16.0 Å². The Balaban J connectivity index is 2.10. The van der Waals surface area contributed by atoms with Crippen LogP contribution in [0.4, 0.5) is 0 Å². The molecule has 0 aliphatic carbocycles. The number of fused-ring (bicyclic) bond motifs is 2. The second kappa shape index (κ2) is 8.74. The number of aromatic nitrogens is 2. The van der Waals surface area contributed by atoms with E-state index in [4.69, 9.17) is 24.1 Å². The molecule has 2 aliphatic heterocycles. The van der Waals surface area contributed by atoms with Gasteiger partial charge in [-0.25, -0.2) is 0 Å². The summed E-state index contributed by atoms with van der Waals surface area (Å²) in [4.78, 5) is 16.2. The normalized spacial score (nSPS) is 29.5. The van der Waals surface area contributed by atoms with Gasteiger partial charge in [-0.3, -0.25) is 15.1 Å². The summed E-state index contributed by atoms with van der Waals surface area (Å²) in [7, 11) is -4.21. The Labute approximate surface area is 219 Å². The van der Waals surface area contributed by atoms with Gasteiger partial charge in [-0.15, -0.1) is 0 Å². The number of ether oxygens (including phenoxy) is 2. The summed E-state index contributed by atoms with van der Waals surface area (Å²) in [6.45, 7) is 28.8. The highest BCUT2D eigenvalue weighted by molar-refractivity contribution is 6.74. The van der Waals surface area contributed by atoms with Crippen molar-refractivity contribution < 1.29 is 18.3 Å². The first-order chi connectivity index (χ1) is 16.0. The molecule has 0 aromatic carbocycles. The highest BCUT2D eigenvalue weighted by Crippen LogP contribution is 2.56. The van der Waals surface area contributed by atoms with E-state index < -0.39 is 33.5 Å². The van der Waals surface area contributed by atoms with Crippen molar-refractivity contribution in [3.63, 3.8) is 0 Å². The number of hydrogen-bond donors (Lipinski definition) is 1. The highest BCUT2D eigenvalue weighted by atomic mass is 28.4. The molecule has 1 spiro atoms. The zero-order valence-electron chi connectivity index (χ0n) is 24.7. The zero-order valence-corrected chi connectivity index (χ0v) is 26.7. The fraction of sp³-hybridized carbons (Fsp3) is 0.846. The molecular formula is C26H49N3O5Si2. The molecule has 1 fully saturated rings. The summed E-state index contributed by atoms with van der Waals surface area (Å²) in [5, 5.41) is 0.0854. The Morgan fingerprint density at radius 1 is 1.06 bits per heavy atom. The van der Waals surface area contributed by atoms with Gasteiger partial charge < -0.3 is 18.3 Å². The lowest BCUT2D eigenvalue weighted by Gasteiger charge is -2.46. The second-order valence-corrected chi connectivity index (χ2v) is 24.2. The molecule has 3 heterocycles. The molecule has 8 nitrogen and oxygen atoms in total. The SMILES string of the molecule is CC(C)(C)C1(N)Oc2nc(=O)ccn2[C@]12C[C@H](O[Si](C)(C)C(C)(C)C)[C@@H](CO[Si](C)(C)C(C)(C)C)O2. The van der Waals surface area contributed by atoms with Gasteiger partial charge in [0.1, 0.15) is 6.10 Å². The van der Waals surface area contributed by atoms with Gasteiger partial charge in [0.2, 0.25) is 11.4 Å². The van der Waals surface area contributed by atoms with Crippen molar-refractivity contribution >= 4 is 16.6 Å². The average Bonchev–Trinajstić information content (AvgIpc) is 3.13. The summed E-state index contributed by atoms with van der Waals surface area (Å²) < 4.78 is 28.7. The van der Waals surface area contributed by atoms with E-state index in [1.165, 1.54) is 6.07 Å². The molecule has 10 heteroatoms. The van der Waals surface area contributed by atoms with Crippen LogP contribution in [0.15, 0.2) is 17.1 Å². The summed E-state index contributed by atoms with van der Waals surface area (Å²) in [6, 6.07) is 1.60. The van der Waals surface area contributed by atoms with Crippen molar-refractivity contribution in [3.8, 4) is 6.01 Å². The second-order valence-electron chi connectivity index (χ2n) is 14.6. The Morgan fingerprint density at radius 2 is 1.61 bits per heavy atom. The molecule has 4 atom stereocenters. The van der Waals surface area contributed by atoms with Crippen LogP contribution >= 0.6 is 0 Å². The third kappa shape index (κ3) is 4.77. The zero-order chi connectivity index (χ0) is 27.8. The topological polar surface area (TPSA) is 97.8 Å². The Morgan fingerprint density at radius 3 is 2.11 bits per heavy atom. The lowest BCUT2D eigenvalue weighted by Crippen LogP contribution is -2.67. The maximum atomic E-state index is 12.1.